The Bertz CT molecular complexity index is 1230. The first kappa shape index (κ1) is 21.4. The van der Waals surface area contributed by atoms with Crippen molar-refractivity contribution in [3.8, 4) is 11.5 Å². The lowest BCUT2D eigenvalue weighted by Crippen LogP contribution is -2.66. The molecular formula is C26H29N3O4. The maximum Gasteiger partial charge on any atom is 0.252 e. The molecular weight excluding hydrogens is 418 g/mol. The number of para-hydroxylation sites is 1. The second-order valence-electron chi connectivity index (χ2n) is 8.76. The number of hydrogen-bond donors (Lipinski definition) is 2. The van der Waals surface area contributed by atoms with E-state index in [9.17, 15) is 9.59 Å². The van der Waals surface area contributed by atoms with Gasteiger partial charge in [-0.05, 0) is 49.6 Å². The van der Waals surface area contributed by atoms with Crippen molar-refractivity contribution in [2.75, 3.05) is 26.3 Å². The first-order valence-electron chi connectivity index (χ1n) is 11.6. The fourth-order valence-electron chi connectivity index (χ4n) is 5.12. The fourth-order valence-corrected chi connectivity index (χ4v) is 5.12. The number of hydrogen-bond acceptors (Lipinski definition) is 4. The van der Waals surface area contributed by atoms with Gasteiger partial charge in [-0.15, -0.1) is 0 Å². The van der Waals surface area contributed by atoms with Gasteiger partial charge in [-0.3, -0.25) is 9.59 Å². The van der Waals surface area contributed by atoms with Gasteiger partial charge in [-0.2, -0.15) is 0 Å². The van der Waals surface area contributed by atoms with Gasteiger partial charge in [0, 0.05) is 23.4 Å². The monoisotopic (exact) mass is 447 g/mol. The molecule has 0 bridgehead atoms. The van der Waals surface area contributed by atoms with Gasteiger partial charge in [0.2, 0.25) is 5.91 Å². The highest BCUT2D eigenvalue weighted by Crippen LogP contribution is 2.47. The van der Waals surface area contributed by atoms with E-state index in [1.807, 2.05) is 50.2 Å². The number of ether oxygens (including phenoxy) is 2. The molecule has 2 atom stereocenters. The van der Waals surface area contributed by atoms with Crippen LogP contribution in [0.5, 0.6) is 11.5 Å². The van der Waals surface area contributed by atoms with E-state index in [0.717, 1.165) is 39.9 Å². The summed E-state index contributed by atoms with van der Waals surface area (Å²) >= 11 is 0. The number of piperazine rings is 1. The number of carbonyl (C=O) groups excluding carboxylic acids is 2. The fraction of sp³-hybridized carbons (Fsp3) is 0.385. The number of aromatic nitrogens is 1. The van der Waals surface area contributed by atoms with E-state index in [1.165, 1.54) is 0 Å². The Balaban J connectivity index is 1.70. The standard InChI is InChI=1S/C26H29N3O4/c1-4-12-33-20-11-10-16(13-21(20)32-5-2)18-15-29-22(30)14-27-25(31)26(29,3)24-23(18)17-8-6-7-9-19(17)28-24/h6-11,13,18,28H,4-5,12,14-15H2,1-3H3,(H,27,31)/t18-,26-/m0/s1. The highest BCUT2D eigenvalue weighted by molar-refractivity contribution is 6.01. The number of aromatic amines is 1. The van der Waals surface area contributed by atoms with Gasteiger partial charge < -0.3 is 24.7 Å². The molecule has 7 heteroatoms. The third-order valence-corrected chi connectivity index (χ3v) is 6.76. The first-order chi connectivity index (χ1) is 16.0. The van der Waals surface area contributed by atoms with Crippen LogP contribution in [-0.4, -0.2) is 48.0 Å². The van der Waals surface area contributed by atoms with Crippen LogP contribution in [0.15, 0.2) is 42.5 Å². The predicted octanol–water partition coefficient (Wildman–Crippen LogP) is 3.67. The summed E-state index contributed by atoms with van der Waals surface area (Å²) in [7, 11) is 0. The average Bonchev–Trinajstić information content (AvgIpc) is 3.22. The van der Waals surface area contributed by atoms with Crippen LogP contribution in [0.4, 0.5) is 0 Å². The number of fused-ring (bicyclic) bond motifs is 5. The molecule has 0 radical (unpaired) electrons. The van der Waals surface area contributed by atoms with Crippen LogP contribution in [0.2, 0.25) is 0 Å². The van der Waals surface area contributed by atoms with Gasteiger partial charge in [0.05, 0.1) is 25.5 Å². The quantitative estimate of drug-likeness (QED) is 0.604. The van der Waals surface area contributed by atoms with Crippen LogP contribution in [0.25, 0.3) is 10.9 Å². The summed E-state index contributed by atoms with van der Waals surface area (Å²) in [5.74, 6) is 1.06. The van der Waals surface area contributed by atoms with Crippen molar-refractivity contribution >= 4 is 22.7 Å². The van der Waals surface area contributed by atoms with Gasteiger partial charge in [0.1, 0.15) is 0 Å². The van der Waals surface area contributed by atoms with Crippen LogP contribution in [0, 0.1) is 0 Å². The molecule has 5 rings (SSSR count). The molecule has 0 saturated carbocycles. The lowest BCUT2D eigenvalue weighted by molar-refractivity contribution is -0.154. The van der Waals surface area contributed by atoms with Gasteiger partial charge in [0.25, 0.3) is 5.91 Å². The average molecular weight is 448 g/mol. The summed E-state index contributed by atoms with van der Waals surface area (Å²) < 4.78 is 11.8. The third kappa shape index (κ3) is 3.25. The van der Waals surface area contributed by atoms with E-state index in [0.29, 0.717) is 25.5 Å². The van der Waals surface area contributed by atoms with E-state index in [2.05, 4.69) is 23.3 Å². The Morgan fingerprint density at radius 2 is 1.91 bits per heavy atom. The van der Waals surface area contributed by atoms with Crippen molar-refractivity contribution in [1.29, 1.82) is 0 Å². The normalized spacial score (nSPS) is 22.0. The molecule has 2 amide bonds. The SMILES string of the molecule is CCCOc1ccc([C@@H]2CN3C(=O)CNC(=O)[C@]3(C)c3[nH]c4ccccc4c32)cc1OCC. The van der Waals surface area contributed by atoms with Gasteiger partial charge in [0.15, 0.2) is 17.0 Å². The highest BCUT2D eigenvalue weighted by Gasteiger charge is 2.53. The largest absolute Gasteiger partial charge is 0.490 e. The van der Waals surface area contributed by atoms with Crippen LogP contribution in [0.3, 0.4) is 0 Å². The maximum absolute atomic E-state index is 13.1. The number of nitrogens with one attached hydrogen (secondary N) is 2. The zero-order valence-electron chi connectivity index (χ0n) is 19.2. The van der Waals surface area contributed by atoms with E-state index in [1.54, 1.807) is 4.90 Å². The molecule has 2 N–H and O–H groups in total. The molecule has 2 aliphatic rings. The minimum absolute atomic E-state index is 0.0185. The molecule has 33 heavy (non-hydrogen) atoms. The first-order valence-corrected chi connectivity index (χ1v) is 11.6. The van der Waals surface area contributed by atoms with Gasteiger partial charge in [-0.25, -0.2) is 0 Å². The second-order valence-corrected chi connectivity index (χ2v) is 8.76. The van der Waals surface area contributed by atoms with Crippen molar-refractivity contribution in [3.05, 3.63) is 59.3 Å². The minimum Gasteiger partial charge on any atom is -0.490 e. The van der Waals surface area contributed by atoms with Crippen molar-refractivity contribution in [2.24, 2.45) is 0 Å². The van der Waals surface area contributed by atoms with Gasteiger partial charge in [-0.1, -0.05) is 31.2 Å². The van der Waals surface area contributed by atoms with Gasteiger partial charge >= 0.3 is 0 Å². The zero-order chi connectivity index (χ0) is 23.2. The zero-order valence-corrected chi connectivity index (χ0v) is 19.2. The molecule has 172 valence electrons. The van der Waals surface area contributed by atoms with Crippen LogP contribution >= 0.6 is 0 Å². The van der Waals surface area contributed by atoms with Crippen molar-refractivity contribution in [2.45, 2.75) is 38.6 Å². The Morgan fingerprint density at radius 1 is 1.09 bits per heavy atom. The Labute approximate surface area is 193 Å². The number of amides is 2. The lowest BCUT2D eigenvalue weighted by atomic mass is 9.76. The number of rotatable bonds is 6. The molecule has 0 aliphatic carbocycles. The molecule has 1 saturated heterocycles. The molecule has 2 aliphatic heterocycles. The second kappa shape index (κ2) is 8.14. The molecule has 3 heterocycles. The molecule has 7 nitrogen and oxygen atoms in total. The Hall–Kier alpha value is -3.48. The number of carbonyl (C=O) groups is 2. The smallest absolute Gasteiger partial charge is 0.252 e. The molecule has 2 aromatic carbocycles. The number of benzene rings is 2. The molecule has 3 aromatic rings. The number of nitrogens with zero attached hydrogens (tertiary/aromatic N) is 1. The Morgan fingerprint density at radius 3 is 2.70 bits per heavy atom. The molecule has 1 aromatic heterocycles. The van der Waals surface area contributed by atoms with E-state index >= 15 is 0 Å². The highest BCUT2D eigenvalue weighted by atomic mass is 16.5. The summed E-state index contributed by atoms with van der Waals surface area (Å²) in [4.78, 5) is 31.3. The molecule has 0 spiro atoms. The third-order valence-electron chi connectivity index (χ3n) is 6.76. The summed E-state index contributed by atoms with van der Waals surface area (Å²) in [6, 6.07) is 14.1. The Kier molecular flexibility index (Phi) is 5.27. The minimum atomic E-state index is -1.08. The van der Waals surface area contributed by atoms with Crippen molar-refractivity contribution in [1.82, 2.24) is 15.2 Å². The van der Waals surface area contributed by atoms with Crippen molar-refractivity contribution < 1.29 is 19.1 Å². The number of H-pyrrole nitrogens is 1. The van der Waals surface area contributed by atoms with Crippen LogP contribution in [-0.2, 0) is 15.1 Å². The van der Waals surface area contributed by atoms with Crippen LogP contribution < -0.4 is 14.8 Å². The maximum atomic E-state index is 13.1. The predicted molar refractivity (Wildman–Crippen MR) is 126 cm³/mol. The van der Waals surface area contributed by atoms with Crippen molar-refractivity contribution in [3.63, 3.8) is 0 Å². The molecule has 1 fully saturated rings. The van der Waals surface area contributed by atoms with E-state index in [-0.39, 0.29) is 24.3 Å². The summed E-state index contributed by atoms with van der Waals surface area (Å²) in [6.07, 6.45) is 0.909. The van der Waals surface area contributed by atoms with E-state index < -0.39 is 5.54 Å². The summed E-state index contributed by atoms with van der Waals surface area (Å²) in [6.45, 7) is 7.42. The van der Waals surface area contributed by atoms with Crippen LogP contribution in [0.1, 0.15) is 49.9 Å². The topological polar surface area (TPSA) is 83.7 Å². The summed E-state index contributed by atoms with van der Waals surface area (Å²) in [5.41, 5.74) is 2.73. The summed E-state index contributed by atoms with van der Waals surface area (Å²) in [5, 5.41) is 3.84. The molecule has 0 unspecified atom stereocenters. The lowest BCUT2D eigenvalue weighted by Gasteiger charge is -2.48. The van der Waals surface area contributed by atoms with E-state index in [4.69, 9.17) is 9.47 Å².